The van der Waals surface area contributed by atoms with Crippen LogP contribution in [0.25, 0.3) is 5.70 Å². The molecule has 2 aromatic carbocycles. The van der Waals surface area contributed by atoms with Crippen LogP contribution in [0.4, 0.5) is 0 Å². The van der Waals surface area contributed by atoms with Gasteiger partial charge in [0.25, 0.3) is 0 Å². The number of nitrogens with zero attached hydrogens (tertiary/aromatic N) is 1. The molecule has 2 aromatic rings. The summed E-state index contributed by atoms with van der Waals surface area (Å²) in [5.74, 6) is 6.15. The van der Waals surface area contributed by atoms with Crippen LogP contribution in [0.5, 0.6) is 11.5 Å². The van der Waals surface area contributed by atoms with Crippen LogP contribution in [0, 0.1) is 0 Å². The van der Waals surface area contributed by atoms with Gasteiger partial charge in [0, 0.05) is 18.1 Å². The molecular formula is C18H20ClIN3O4P. The second-order valence-corrected chi connectivity index (χ2v) is 7.80. The van der Waals surface area contributed by atoms with Gasteiger partial charge in [-0.1, -0.05) is 11.6 Å². The summed E-state index contributed by atoms with van der Waals surface area (Å²) in [6.45, 7) is 0.609. The average molecular weight is 536 g/mol. The second-order valence-electron chi connectivity index (χ2n) is 5.60. The predicted molar refractivity (Wildman–Crippen MR) is 121 cm³/mol. The van der Waals surface area contributed by atoms with Gasteiger partial charge in [-0.2, -0.15) is 0 Å². The van der Waals surface area contributed by atoms with Crippen LogP contribution in [-0.2, 0) is 9.26 Å². The number of carbonyl (C=O) groups excluding carboxylic acids is 1. The molecule has 0 saturated heterocycles. The highest BCUT2D eigenvalue weighted by Gasteiger charge is 2.15. The van der Waals surface area contributed by atoms with E-state index < -0.39 is 5.97 Å². The lowest BCUT2D eigenvalue weighted by atomic mass is 10.1. The number of esters is 1. The first-order chi connectivity index (χ1) is 13.4. The Morgan fingerprint density at radius 3 is 2.50 bits per heavy atom. The average Bonchev–Trinajstić information content (AvgIpc) is 2.68. The molecule has 0 aliphatic rings. The smallest absolute Gasteiger partial charge is 0.341 e. The van der Waals surface area contributed by atoms with Crippen LogP contribution in [0.2, 0.25) is 5.02 Å². The van der Waals surface area contributed by atoms with E-state index in [0.717, 1.165) is 5.56 Å². The van der Waals surface area contributed by atoms with E-state index in [1.165, 1.54) is 12.1 Å². The maximum absolute atomic E-state index is 11.9. The van der Waals surface area contributed by atoms with Crippen molar-refractivity contribution in [2.45, 2.75) is 0 Å². The molecule has 0 bridgehead atoms. The molecule has 4 N–H and O–H groups in total. The maximum Gasteiger partial charge on any atom is 0.341 e. The summed E-state index contributed by atoms with van der Waals surface area (Å²) in [7, 11) is 3.01. The molecule has 0 aromatic heterocycles. The summed E-state index contributed by atoms with van der Waals surface area (Å²) in [5.41, 5.74) is 8.46. The van der Waals surface area contributed by atoms with E-state index in [0.29, 0.717) is 41.0 Å². The standard InChI is InChI=1S/C18H20ClIN3O4P/c1-23(22)15(10-26-28-20)17(21)11-3-6-13(7-4-11)27-16-9-12(19)5-8-14(16)18(24)25-2/h3-9,28H,10,21-22H2,1-2H3/b17-15-. The topological polar surface area (TPSA) is 100 Å². The predicted octanol–water partition coefficient (Wildman–Crippen LogP) is 4.31. The van der Waals surface area contributed by atoms with E-state index in [4.69, 9.17) is 37.2 Å². The highest BCUT2D eigenvalue weighted by atomic mass is 127. The Morgan fingerprint density at radius 1 is 1.25 bits per heavy atom. The molecule has 28 heavy (non-hydrogen) atoms. The minimum absolute atomic E-state index is 0.277. The molecule has 0 aliphatic carbocycles. The van der Waals surface area contributed by atoms with Crippen molar-refractivity contribution in [3.8, 4) is 11.5 Å². The van der Waals surface area contributed by atoms with Crippen LogP contribution in [-0.4, -0.2) is 31.7 Å². The molecule has 10 heteroatoms. The van der Waals surface area contributed by atoms with Crippen molar-refractivity contribution < 1.29 is 18.8 Å². The van der Waals surface area contributed by atoms with Gasteiger partial charge in [-0.05, 0) is 64.0 Å². The zero-order chi connectivity index (χ0) is 20.7. The van der Waals surface area contributed by atoms with Gasteiger partial charge in [0.2, 0.25) is 0 Å². The third kappa shape index (κ3) is 5.96. The Bertz CT molecular complexity index is 862. The number of likely N-dealkylation sites (N-methyl/N-ethyl adjacent to an activating group) is 1. The third-order valence-corrected chi connectivity index (χ3v) is 5.16. The first-order valence-corrected chi connectivity index (χ1v) is 12.4. The third-order valence-electron chi connectivity index (χ3n) is 3.74. The van der Waals surface area contributed by atoms with Crippen molar-refractivity contribution in [3.63, 3.8) is 0 Å². The first-order valence-electron chi connectivity index (χ1n) is 7.98. The molecule has 0 fully saturated rings. The first kappa shape index (κ1) is 22.7. The molecule has 150 valence electrons. The van der Waals surface area contributed by atoms with Gasteiger partial charge in [-0.3, -0.25) is 0 Å². The molecule has 0 amide bonds. The fourth-order valence-electron chi connectivity index (χ4n) is 2.32. The van der Waals surface area contributed by atoms with E-state index in [1.54, 1.807) is 49.5 Å². The monoisotopic (exact) mass is 535 g/mol. The van der Waals surface area contributed by atoms with E-state index in [-0.39, 0.29) is 5.56 Å². The summed E-state index contributed by atoms with van der Waals surface area (Å²) in [6.07, 6.45) is 0. The number of hydrazine groups is 1. The van der Waals surface area contributed by atoms with Gasteiger partial charge < -0.3 is 24.7 Å². The van der Waals surface area contributed by atoms with Crippen molar-refractivity contribution >= 4 is 51.8 Å². The lowest BCUT2D eigenvalue weighted by Gasteiger charge is -2.19. The van der Waals surface area contributed by atoms with Crippen LogP contribution in [0.3, 0.4) is 0 Å². The van der Waals surface area contributed by atoms with Crippen LogP contribution >= 0.6 is 40.1 Å². The summed E-state index contributed by atoms with van der Waals surface area (Å²) in [5, 5.41) is 1.88. The van der Waals surface area contributed by atoms with Crippen LogP contribution in [0.1, 0.15) is 15.9 Å². The van der Waals surface area contributed by atoms with Gasteiger partial charge in [0.05, 0.1) is 31.6 Å². The SMILES string of the molecule is COC(=O)c1ccc(Cl)cc1Oc1ccc(/C(N)=C(\COPI)N(C)N)cc1. The highest BCUT2D eigenvalue weighted by molar-refractivity contribution is 14.2. The number of rotatable bonds is 8. The number of hydrogen-bond acceptors (Lipinski definition) is 7. The molecular weight excluding hydrogens is 516 g/mol. The summed E-state index contributed by atoms with van der Waals surface area (Å²) in [6, 6.07) is 11.8. The summed E-state index contributed by atoms with van der Waals surface area (Å²) >= 11 is 8.15. The number of nitrogens with two attached hydrogens (primary N) is 2. The normalized spacial score (nSPS) is 12.0. The Labute approximate surface area is 183 Å². The molecule has 1 atom stereocenters. The van der Waals surface area contributed by atoms with E-state index in [1.807, 2.05) is 0 Å². The highest BCUT2D eigenvalue weighted by Crippen LogP contribution is 2.30. The lowest BCUT2D eigenvalue weighted by Crippen LogP contribution is -2.29. The molecule has 0 saturated carbocycles. The quantitative estimate of drug-likeness (QED) is 0.171. The Hall–Kier alpha value is -1.58. The van der Waals surface area contributed by atoms with E-state index >= 15 is 0 Å². The molecule has 7 nitrogen and oxygen atoms in total. The minimum Gasteiger partial charge on any atom is -0.465 e. The zero-order valence-electron chi connectivity index (χ0n) is 15.2. The number of carbonyl (C=O) groups is 1. The van der Waals surface area contributed by atoms with Crippen molar-refractivity contribution in [1.82, 2.24) is 5.01 Å². The fraction of sp³-hybridized carbons (Fsp3) is 0.167. The van der Waals surface area contributed by atoms with Crippen LogP contribution < -0.4 is 16.3 Å². The molecule has 0 aliphatic heterocycles. The summed E-state index contributed by atoms with van der Waals surface area (Å²) < 4.78 is 16.0. The molecule has 0 radical (unpaired) electrons. The van der Waals surface area contributed by atoms with Crippen molar-refractivity contribution in [3.05, 3.63) is 64.3 Å². The van der Waals surface area contributed by atoms with Crippen molar-refractivity contribution in [2.24, 2.45) is 11.6 Å². The number of ether oxygens (including phenoxy) is 2. The van der Waals surface area contributed by atoms with Gasteiger partial charge in [0.15, 0.2) is 0 Å². The number of benzene rings is 2. The lowest BCUT2D eigenvalue weighted by molar-refractivity contribution is 0.0598. The van der Waals surface area contributed by atoms with Crippen LogP contribution in [0.15, 0.2) is 48.2 Å². The number of hydrogen-bond donors (Lipinski definition) is 2. The zero-order valence-corrected chi connectivity index (χ0v) is 19.2. The Balaban J connectivity index is 2.28. The largest absolute Gasteiger partial charge is 0.465 e. The van der Waals surface area contributed by atoms with Gasteiger partial charge in [-0.15, -0.1) is 0 Å². The fourth-order valence-corrected chi connectivity index (χ4v) is 3.14. The van der Waals surface area contributed by atoms with Gasteiger partial charge in [-0.25, -0.2) is 10.6 Å². The van der Waals surface area contributed by atoms with Crippen molar-refractivity contribution in [2.75, 3.05) is 20.8 Å². The van der Waals surface area contributed by atoms with Gasteiger partial charge in [0.1, 0.15) is 17.1 Å². The van der Waals surface area contributed by atoms with Gasteiger partial charge >= 0.3 is 5.97 Å². The minimum atomic E-state index is -0.512. The number of halogens is 2. The van der Waals surface area contributed by atoms with Crippen molar-refractivity contribution in [1.29, 1.82) is 0 Å². The second kappa shape index (κ2) is 10.8. The molecule has 0 spiro atoms. The molecule has 1 unspecified atom stereocenters. The van der Waals surface area contributed by atoms with E-state index in [9.17, 15) is 4.79 Å². The summed E-state index contributed by atoms with van der Waals surface area (Å²) in [4.78, 5) is 11.9. The maximum atomic E-state index is 11.9. The molecule has 0 heterocycles. The Morgan fingerprint density at radius 2 is 1.93 bits per heavy atom. The molecule has 2 rings (SSSR count). The Kier molecular flexibility index (Phi) is 8.78. The number of methoxy groups -OCH3 is 1. The van der Waals surface area contributed by atoms with E-state index in [2.05, 4.69) is 22.0 Å².